The van der Waals surface area contributed by atoms with E-state index in [2.05, 4.69) is 15.9 Å². The van der Waals surface area contributed by atoms with Gasteiger partial charge >= 0.3 is 5.97 Å². The molecule has 1 aliphatic rings. The molecule has 112 valence electrons. The highest BCUT2D eigenvalue weighted by molar-refractivity contribution is 9.10. The number of amides is 1. The lowest BCUT2D eigenvalue weighted by atomic mass is 10.1. The van der Waals surface area contributed by atoms with Crippen molar-refractivity contribution >= 4 is 50.4 Å². The summed E-state index contributed by atoms with van der Waals surface area (Å²) in [7, 11) is 0. The Morgan fingerprint density at radius 1 is 1.48 bits per heavy atom. The topological polar surface area (TPSA) is 74.7 Å². The Labute approximate surface area is 134 Å². The molecule has 1 amide bonds. The van der Waals surface area contributed by atoms with Crippen molar-refractivity contribution in [2.75, 3.05) is 17.2 Å². The van der Waals surface area contributed by atoms with Crippen LogP contribution >= 0.6 is 27.7 Å². The Hall–Kier alpha value is -1.34. The Bertz CT molecular complexity index is 605. The Balaban J connectivity index is 2.22. The minimum absolute atomic E-state index is 0.0228. The van der Waals surface area contributed by atoms with Crippen molar-refractivity contribution in [3.05, 3.63) is 28.2 Å². The molecule has 1 heterocycles. The van der Waals surface area contributed by atoms with Crippen LogP contribution in [-0.2, 0) is 9.59 Å². The standard InChI is InChI=1S/C14H14BrNO4S/c1-8(17)21-7-9-4-13(18)16(6-9)12-5-10(15)2-3-11(12)14(19)20/h2-3,5,9H,4,6-7H2,1H3,(H,19,20). The normalized spacial score (nSPS) is 18.1. The molecule has 0 aliphatic carbocycles. The summed E-state index contributed by atoms with van der Waals surface area (Å²) in [6.07, 6.45) is 0.339. The lowest BCUT2D eigenvalue weighted by molar-refractivity contribution is -0.117. The van der Waals surface area contributed by atoms with Gasteiger partial charge in [0.2, 0.25) is 5.91 Å². The van der Waals surface area contributed by atoms with Crippen molar-refractivity contribution in [3.63, 3.8) is 0 Å². The third-order valence-corrected chi connectivity index (χ3v) is 4.75. The molecule has 0 saturated carbocycles. The van der Waals surface area contributed by atoms with E-state index in [-0.39, 0.29) is 22.5 Å². The maximum Gasteiger partial charge on any atom is 0.337 e. The van der Waals surface area contributed by atoms with Gasteiger partial charge in [-0.05, 0) is 24.1 Å². The SMILES string of the molecule is CC(=O)SCC1CC(=O)N(c2cc(Br)ccc2C(=O)O)C1. The van der Waals surface area contributed by atoms with E-state index >= 15 is 0 Å². The van der Waals surface area contributed by atoms with E-state index in [1.54, 1.807) is 12.1 Å². The van der Waals surface area contributed by atoms with Gasteiger partial charge in [-0.25, -0.2) is 4.79 Å². The molecule has 1 fully saturated rings. The second-order valence-corrected chi connectivity index (χ2v) is 6.96. The van der Waals surface area contributed by atoms with Crippen molar-refractivity contribution < 1.29 is 19.5 Å². The number of carboxylic acid groups (broad SMARTS) is 1. The molecule has 0 radical (unpaired) electrons. The van der Waals surface area contributed by atoms with Gasteiger partial charge in [-0.15, -0.1) is 0 Å². The first-order valence-corrected chi connectivity index (χ1v) is 8.13. The number of nitrogens with zero attached hydrogens (tertiary/aromatic N) is 1. The second kappa shape index (κ2) is 6.62. The average Bonchev–Trinajstić information content (AvgIpc) is 2.77. The first kappa shape index (κ1) is 16.0. The number of carboxylic acids is 1. The van der Waals surface area contributed by atoms with Crippen LogP contribution in [0.4, 0.5) is 5.69 Å². The molecule has 1 aliphatic heterocycles. The lowest BCUT2D eigenvalue weighted by Crippen LogP contribution is -2.26. The fourth-order valence-electron chi connectivity index (χ4n) is 2.27. The fourth-order valence-corrected chi connectivity index (χ4v) is 3.31. The zero-order valence-corrected chi connectivity index (χ0v) is 13.7. The minimum atomic E-state index is -1.06. The van der Waals surface area contributed by atoms with Crippen LogP contribution in [0.3, 0.4) is 0 Å². The molecule has 0 spiro atoms. The van der Waals surface area contributed by atoms with Crippen LogP contribution in [0.2, 0.25) is 0 Å². The lowest BCUT2D eigenvalue weighted by Gasteiger charge is -2.19. The molecule has 2 rings (SSSR count). The summed E-state index contributed by atoms with van der Waals surface area (Å²) in [6.45, 7) is 1.94. The third kappa shape index (κ3) is 3.85. The fraction of sp³-hybridized carbons (Fsp3) is 0.357. The molecular formula is C14H14BrNO4S. The summed E-state index contributed by atoms with van der Waals surface area (Å²) in [5.41, 5.74) is 0.503. The average molecular weight is 372 g/mol. The zero-order valence-electron chi connectivity index (χ0n) is 11.3. The van der Waals surface area contributed by atoms with Crippen LogP contribution in [0.25, 0.3) is 0 Å². The monoisotopic (exact) mass is 371 g/mol. The van der Waals surface area contributed by atoms with Crippen LogP contribution in [-0.4, -0.2) is 34.4 Å². The van der Waals surface area contributed by atoms with Crippen molar-refractivity contribution in [1.29, 1.82) is 0 Å². The number of hydrogen-bond acceptors (Lipinski definition) is 4. The summed E-state index contributed by atoms with van der Waals surface area (Å²) in [5, 5.41) is 9.27. The van der Waals surface area contributed by atoms with Crippen LogP contribution in [0.15, 0.2) is 22.7 Å². The molecule has 1 aromatic rings. The maximum atomic E-state index is 12.1. The number of carbonyl (C=O) groups is 3. The number of aromatic carboxylic acids is 1. The Kier molecular flexibility index (Phi) is 5.05. The molecule has 5 nitrogen and oxygen atoms in total. The number of benzene rings is 1. The number of hydrogen-bond donors (Lipinski definition) is 1. The summed E-state index contributed by atoms with van der Waals surface area (Å²) >= 11 is 4.50. The number of rotatable bonds is 4. The number of carbonyl (C=O) groups excluding carboxylic acids is 2. The molecule has 7 heteroatoms. The van der Waals surface area contributed by atoms with E-state index in [4.69, 9.17) is 0 Å². The molecular weight excluding hydrogens is 358 g/mol. The van der Waals surface area contributed by atoms with Crippen LogP contribution in [0.1, 0.15) is 23.7 Å². The summed E-state index contributed by atoms with van der Waals surface area (Å²) in [5.74, 6) is -0.530. The highest BCUT2D eigenvalue weighted by Gasteiger charge is 2.32. The van der Waals surface area contributed by atoms with E-state index in [1.807, 2.05) is 0 Å². The quantitative estimate of drug-likeness (QED) is 0.880. The van der Waals surface area contributed by atoms with E-state index < -0.39 is 5.97 Å². The van der Waals surface area contributed by atoms with Gasteiger partial charge in [-0.3, -0.25) is 9.59 Å². The predicted octanol–water partition coefficient (Wildman–Crippen LogP) is 2.78. The highest BCUT2D eigenvalue weighted by Crippen LogP contribution is 2.32. The van der Waals surface area contributed by atoms with E-state index in [0.29, 0.717) is 24.4 Å². The molecule has 1 saturated heterocycles. The van der Waals surface area contributed by atoms with E-state index in [0.717, 1.165) is 4.47 Å². The molecule has 0 bridgehead atoms. The first-order valence-electron chi connectivity index (χ1n) is 6.35. The third-order valence-electron chi connectivity index (χ3n) is 3.21. The molecule has 21 heavy (non-hydrogen) atoms. The second-order valence-electron chi connectivity index (χ2n) is 4.84. The molecule has 1 atom stereocenters. The number of anilines is 1. The zero-order chi connectivity index (χ0) is 15.6. The van der Waals surface area contributed by atoms with E-state index in [1.165, 1.54) is 29.7 Å². The molecule has 1 N–H and O–H groups in total. The van der Waals surface area contributed by atoms with Gasteiger partial charge in [0.25, 0.3) is 0 Å². The van der Waals surface area contributed by atoms with Crippen molar-refractivity contribution in [3.8, 4) is 0 Å². The van der Waals surface area contributed by atoms with Gasteiger partial charge in [-0.2, -0.15) is 0 Å². The van der Waals surface area contributed by atoms with Crippen molar-refractivity contribution in [2.45, 2.75) is 13.3 Å². The van der Waals surface area contributed by atoms with Gasteiger partial charge in [0.15, 0.2) is 5.12 Å². The number of halogens is 1. The predicted molar refractivity (Wildman–Crippen MR) is 84.7 cm³/mol. The van der Waals surface area contributed by atoms with Gasteiger partial charge < -0.3 is 10.0 Å². The minimum Gasteiger partial charge on any atom is -0.478 e. The Morgan fingerprint density at radius 2 is 2.19 bits per heavy atom. The first-order chi connectivity index (χ1) is 9.88. The number of thioether (sulfide) groups is 1. The van der Waals surface area contributed by atoms with Gasteiger partial charge in [0.1, 0.15) is 0 Å². The summed E-state index contributed by atoms with van der Waals surface area (Å²) in [6, 6.07) is 4.76. The van der Waals surface area contributed by atoms with E-state index in [9.17, 15) is 19.5 Å². The molecule has 1 aromatic carbocycles. The van der Waals surface area contributed by atoms with Crippen LogP contribution in [0.5, 0.6) is 0 Å². The van der Waals surface area contributed by atoms with Crippen LogP contribution < -0.4 is 4.90 Å². The summed E-state index contributed by atoms with van der Waals surface area (Å²) in [4.78, 5) is 35.9. The maximum absolute atomic E-state index is 12.1. The largest absolute Gasteiger partial charge is 0.478 e. The smallest absolute Gasteiger partial charge is 0.337 e. The van der Waals surface area contributed by atoms with Crippen LogP contribution in [0, 0.1) is 5.92 Å². The van der Waals surface area contributed by atoms with Crippen molar-refractivity contribution in [1.82, 2.24) is 0 Å². The summed E-state index contributed by atoms with van der Waals surface area (Å²) < 4.78 is 0.719. The van der Waals surface area contributed by atoms with Gasteiger partial charge in [-0.1, -0.05) is 27.7 Å². The Morgan fingerprint density at radius 3 is 2.81 bits per heavy atom. The molecule has 0 aromatic heterocycles. The highest BCUT2D eigenvalue weighted by atomic mass is 79.9. The van der Waals surface area contributed by atoms with Gasteiger partial charge in [0.05, 0.1) is 11.3 Å². The van der Waals surface area contributed by atoms with Gasteiger partial charge in [0, 0.05) is 30.1 Å². The van der Waals surface area contributed by atoms with Crippen molar-refractivity contribution in [2.24, 2.45) is 5.92 Å². The molecule has 1 unspecified atom stereocenters.